The Labute approximate surface area is 76.1 Å². The number of nitrogens with zero attached hydrogens (tertiary/aromatic N) is 1. The van der Waals surface area contributed by atoms with Crippen LogP contribution in [0.3, 0.4) is 0 Å². The summed E-state index contributed by atoms with van der Waals surface area (Å²) in [6.07, 6.45) is 2.08. The minimum Gasteiger partial charge on any atom is -0.346 e. The van der Waals surface area contributed by atoms with Crippen molar-refractivity contribution < 1.29 is 0 Å². The highest BCUT2D eigenvalue weighted by molar-refractivity contribution is 5.25. The molecule has 0 aromatic carbocycles. The number of rotatable bonds is 4. The third-order valence-corrected chi connectivity index (χ3v) is 1.98. The molecule has 12 heavy (non-hydrogen) atoms. The molecule has 0 saturated carbocycles. The smallest absolute Gasteiger partial charge is 0.0358 e. The molecule has 0 fully saturated rings. The van der Waals surface area contributed by atoms with Crippen LogP contribution in [0.25, 0.3) is 0 Å². The molecule has 0 aromatic heterocycles. The van der Waals surface area contributed by atoms with Gasteiger partial charge in [-0.25, -0.2) is 0 Å². The van der Waals surface area contributed by atoms with Crippen molar-refractivity contribution in [1.29, 1.82) is 0 Å². The van der Waals surface area contributed by atoms with E-state index < -0.39 is 0 Å². The second-order valence-corrected chi connectivity index (χ2v) is 2.90. The molecule has 0 rings (SSSR count). The Morgan fingerprint density at radius 2 is 1.83 bits per heavy atom. The highest BCUT2D eigenvalue weighted by Gasteiger charge is 2.06. The number of hydrogen-bond acceptors (Lipinski definition) is 1. The van der Waals surface area contributed by atoms with Gasteiger partial charge in [0.2, 0.25) is 0 Å². The molecule has 0 aromatic rings. The largest absolute Gasteiger partial charge is 0.346 e. The Bertz CT molecular complexity index is 211. The SMILES string of the molecule is C=C(C)C(=C)N(CC)/C(C)=C\C. The summed E-state index contributed by atoms with van der Waals surface area (Å²) in [6.45, 7) is 17.0. The molecule has 0 amide bonds. The van der Waals surface area contributed by atoms with Gasteiger partial charge in [0.15, 0.2) is 0 Å². The molecule has 1 heteroatoms. The lowest BCUT2D eigenvalue weighted by atomic mass is 10.2. The highest BCUT2D eigenvalue weighted by Crippen LogP contribution is 2.15. The van der Waals surface area contributed by atoms with Gasteiger partial charge in [0, 0.05) is 17.9 Å². The summed E-state index contributed by atoms with van der Waals surface area (Å²) >= 11 is 0. The zero-order valence-corrected chi connectivity index (χ0v) is 8.65. The van der Waals surface area contributed by atoms with Gasteiger partial charge in [0.25, 0.3) is 0 Å². The third kappa shape index (κ3) is 2.57. The third-order valence-electron chi connectivity index (χ3n) is 1.98. The lowest BCUT2D eigenvalue weighted by Gasteiger charge is -2.25. The van der Waals surface area contributed by atoms with Crippen LogP contribution >= 0.6 is 0 Å². The predicted octanol–water partition coefficient (Wildman–Crippen LogP) is 3.32. The Balaban J connectivity index is 4.57. The lowest BCUT2D eigenvalue weighted by Crippen LogP contribution is -2.20. The molecular weight excluding hydrogens is 146 g/mol. The summed E-state index contributed by atoms with van der Waals surface area (Å²) in [5.41, 5.74) is 3.26. The van der Waals surface area contributed by atoms with Gasteiger partial charge in [0.1, 0.15) is 0 Å². The molecular formula is C11H19N. The Morgan fingerprint density at radius 3 is 2.08 bits per heavy atom. The van der Waals surface area contributed by atoms with Crippen LogP contribution in [0, 0.1) is 0 Å². The first-order chi connectivity index (χ1) is 5.54. The summed E-state index contributed by atoms with van der Waals surface area (Å²) in [4.78, 5) is 2.16. The zero-order valence-electron chi connectivity index (χ0n) is 8.65. The van der Waals surface area contributed by atoms with Crippen molar-refractivity contribution in [3.05, 3.63) is 36.2 Å². The standard InChI is InChI=1S/C11H19N/c1-7-10(5)12(8-2)11(6)9(3)4/h7H,3,6,8H2,1-2,4-5H3/b10-7-. The number of likely N-dealkylation sites (N-methyl/N-ethyl adjacent to an activating group) is 1. The fraction of sp³-hybridized carbons (Fsp3) is 0.455. The Hall–Kier alpha value is -0.980. The van der Waals surface area contributed by atoms with Gasteiger partial charge < -0.3 is 4.90 Å². The van der Waals surface area contributed by atoms with Crippen LogP contribution < -0.4 is 0 Å². The van der Waals surface area contributed by atoms with Gasteiger partial charge in [-0.1, -0.05) is 19.2 Å². The summed E-state index contributed by atoms with van der Waals surface area (Å²) in [5.74, 6) is 0. The van der Waals surface area contributed by atoms with Crippen LogP contribution in [-0.2, 0) is 0 Å². The first kappa shape index (κ1) is 11.0. The molecule has 0 N–H and O–H groups in total. The highest BCUT2D eigenvalue weighted by atomic mass is 15.1. The Kier molecular flexibility index (Phi) is 4.42. The molecule has 0 radical (unpaired) electrons. The van der Waals surface area contributed by atoms with Crippen LogP contribution in [0.5, 0.6) is 0 Å². The molecule has 0 heterocycles. The van der Waals surface area contributed by atoms with E-state index in [1.807, 2.05) is 13.8 Å². The fourth-order valence-corrected chi connectivity index (χ4v) is 1.04. The van der Waals surface area contributed by atoms with Crippen LogP contribution in [-0.4, -0.2) is 11.4 Å². The Morgan fingerprint density at radius 1 is 1.33 bits per heavy atom. The fourth-order valence-electron chi connectivity index (χ4n) is 1.04. The van der Waals surface area contributed by atoms with E-state index >= 15 is 0 Å². The van der Waals surface area contributed by atoms with Gasteiger partial charge in [0.05, 0.1) is 0 Å². The maximum atomic E-state index is 3.98. The normalized spacial score (nSPS) is 11.2. The van der Waals surface area contributed by atoms with Gasteiger partial charge in [-0.3, -0.25) is 0 Å². The predicted molar refractivity (Wildman–Crippen MR) is 55.8 cm³/mol. The number of allylic oxidation sites excluding steroid dienone is 3. The summed E-state index contributed by atoms with van der Waals surface area (Å²) < 4.78 is 0. The average Bonchev–Trinajstić information content (AvgIpc) is 2.05. The van der Waals surface area contributed by atoms with Gasteiger partial charge in [-0.05, 0) is 33.3 Å². The topological polar surface area (TPSA) is 3.24 Å². The maximum absolute atomic E-state index is 3.98. The summed E-state index contributed by atoms with van der Waals surface area (Å²) in [7, 11) is 0. The van der Waals surface area contributed by atoms with E-state index in [1.54, 1.807) is 0 Å². The molecule has 0 aliphatic carbocycles. The van der Waals surface area contributed by atoms with E-state index in [1.165, 1.54) is 5.70 Å². The van der Waals surface area contributed by atoms with Gasteiger partial charge in [-0.2, -0.15) is 0 Å². The first-order valence-corrected chi connectivity index (χ1v) is 4.29. The molecule has 0 bridgehead atoms. The average molecular weight is 165 g/mol. The molecule has 0 spiro atoms. The molecule has 0 aliphatic heterocycles. The molecule has 1 nitrogen and oxygen atoms in total. The maximum Gasteiger partial charge on any atom is 0.0358 e. The monoisotopic (exact) mass is 165 g/mol. The van der Waals surface area contributed by atoms with E-state index in [2.05, 4.69) is 38.0 Å². The first-order valence-electron chi connectivity index (χ1n) is 4.29. The molecule has 0 aliphatic rings. The van der Waals surface area contributed by atoms with E-state index in [0.717, 1.165) is 17.8 Å². The number of hydrogen-bond donors (Lipinski definition) is 0. The van der Waals surface area contributed by atoms with E-state index in [-0.39, 0.29) is 0 Å². The van der Waals surface area contributed by atoms with Crippen molar-refractivity contribution in [3.63, 3.8) is 0 Å². The van der Waals surface area contributed by atoms with Crippen molar-refractivity contribution in [2.24, 2.45) is 0 Å². The van der Waals surface area contributed by atoms with Gasteiger partial charge >= 0.3 is 0 Å². The van der Waals surface area contributed by atoms with E-state index in [9.17, 15) is 0 Å². The minimum absolute atomic E-state index is 0.946. The van der Waals surface area contributed by atoms with Crippen LogP contribution in [0.2, 0.25) is 0 Å². The second-order valence-electron chi connectivity index (χ2n) is 2.90. The molecule has 0 saturated heterocycles. The molecule has 0 unspecified atom stereocenters. The minimum atomic E-state index is 0.946. The van der Waals surface area contributed by atoms with E-state index in [0.29, 0.717) is 0 Å². The van der Waals surface area contributed by atoms with Crippen molar-refractivity contribution in [2.75, 3.05) is 6.54 Å². The summed E-state index contributed by atoms with van der Waals surface area (Å²) in [6, 6.07) is 0. The lowest BCUT2D eigenvalue weighted by molar-refractivity contribution is 0.460. The summed E-state index contributed by atoms with van der Waals surface area (Å²) in [5, 5.41) is 0. The van der Waals surface area contributed by atoms with Gasteiger partial charge in [-0.15, -0.1) is 0 Å². The van der Waals surface area contributed by atoms with Crippen molar-refractivity contribution in [2.45, 2.75) is 27.7 Å². The van der Waals surface area contributed by atoms with Crippen LogP contribution in [0.1, 0.15) is 27.7 Å². The van der Waals surface area contributed by atoms with E-state index in [4.69, 9.17) is 0 Å². The van der Waals surface area contributed by atoms with Crippen LogP contribution in [0.4, 0.5) is 0 Å². The van der Waals surface area contributed by atoms with Crippen LogP contribution in [0.15, 0.2) is 36.2 Å². The van der Waals surface area contributed by atoms with Crippen molar-refractivity contribution in [1.82, 2.24) is 4.90 Å². The molecule has 68 valence electrons. The zero-order chi connectivity index (χ0) is 9.72. The van der Waals surface area contributed by atoms with Crippen molar-refractivity contribution in [3.8, 4) is 0 Å². The second kappa shape index (κ2) is 4.81. The van der Waals surface area contributed by atoms with Crippen molar-refractivity contribution >= 4 is 0 Å². The quantitative estimate of drug-likeness (QED) is 0.578. The molecule has 0 atom stereocenters.